The van der Waals surface area contributed by atoms with Crippen LogP contribution in [0.4, 0.5) is 10.5 Å². The Hall–Kier alpha value is -3.51. The summed E-state index contributed by atoms with van der Waals surface area (Å²) in [7, 11) is -2.96. The number of sulfone groups is 1. The van der Waals surface area contributed by atoms with Crippen LogP contribution < -0.4 is 10.1 Å². The molecular weight excluding hydrogens is 514 g/mol. The van der Waals surface area contributed by atoms with Gasteiger partial charge in [0.15, 0.2) is 9.84 Å². The molecular formula is C30H33N3O5S. The SMILES string of the molecule is C[C@@H](OC(=O)Nc1ccc(-c2c(C#N)c3ccc(OC4CCS(=O)(=O)CC4)cc3n2C2CCC2)cc1)C1CC1. The highest BCUT2D eigenvalue weighted by molar-refractivity contribution is 7.91. The zero-order valence-electron chi connectivity index (χ0n) is 22.1. The molecule has 1 atom stereocenters. The van der Waals surface area contributed by atoms with Gasteiger partial charge < -0.3 is 14.0 Å². The standard InChI is InChI=1S/C30H33N3O5S/c1-19(20-5-6-20)37-30(34)32-22-9-7-21(8-10-22)29-27(18-31)26-12-11-25(17-28(26)33(29)23-3-2-4-23)38-24-13-15-39(35,36)16-14-24/h7-12,17,19-20,23-24H,2-6,13-16H2,1H3,(H,32,34)/t19-/m1/s1. The lowest BCUT2D eigenvalue weighted by Crippen LogP contribution is -2.30. The molecule has 0 radical (unpaired) electrons. The van der Waals surface area contributed by atoms with E-state index < -0.39 is 15.9 Å². The Morgan fingerprint density at radius 3 is 2.38 bits per heavy atom. The van der Waals surface area contributed by atoms with Crippen molar-refractivity contribution in [2.24, 2.45) is 5.92 Å². The summed E-state index contributed by atoms with van der Waals surface area (Å²) in [6.07, 6.45) is 5.76. The first-order valence-electron chi connectivity index (χ1n) is 13.8. The number of anilines is 1. The largest absolute Gasteiger partial charge is 0.490 e. The van der Waals surface area contributed by atoms with Gasteiger partial charge in [-0.3, -0.25) is 5.32 Å². The second kappa shape index (κ2) is 10.2. The number of carbonyl (C=O) groups is 1. The maximum Gasteiger partial charge on any atom is 0.411 e. The lowest BCUT2D eigenvalue weighted by Gasteiger charge is -2.30. The van der Waals surface area contributed by atoms with Gasteiger partial charge in [0.2, 0.25) is 0 Å². The minimum Gasteiger partial charge on any atom is -0.490 e. The molecule has 1 saturated heterocycles. The molecule has 6 rings (SSSR count). The Labute approximate surface area is 228 Å². The van der Waals surface area contributed by atoms with Crippen molar-refractivity contribution in [2.45, 2.75) is 70.1 Å². The molecule has 204 valence electrons. The molecule has 3 aliphatic rings. The van der Waals surface area contributed by atoms with E-state index in [1.165, 1.54) is 0 Å². The van der Waals surface area contributed by atoms with Crippen LogP contribution in [0.5, 0.6) is 5.75 Å². The minimum absolute atomic E-state index is 0.0827. The number of carbonyl (C=O) groups excluding carboxylic acids is 1. The van der Waals surface area contributed by atoms with E-state index in [1.807, 2.05) is 49.4 Å². The van der Waals surface area contributed by atoms with E-state index >= 15 is 0 Å². The Kier molecular flexibility index (Phi) is 6.76. The number of amides is 1. The molecule has 2 aromatic carbocycles. The van der Waals surface area contributed by atoms with Gasteiger partial charge in [0.25, 0.3) is 0 Å². The second-order valence-corrected chi connectivity index (χ2v) is 13.4. The molecule has 2 saturated carbocycles. The first-order chi connectivity index (χ1) is 18.8. The topological polar surface area (TPSA) is 110 Å². The first-order valence-corrected chi connectivity index (χ1v) is 15.7. The molecule has 9 heteroatoms. The highest BCUT2D eigenvalue weighted by Gasteiger charge is 2.31. The van der Waals surface area contributed by atoms with Crippen LogP contribution in [0.15, 0.2) is 42.5 Å². The van der Waals surface area contributed by atoms with Crippen LogP contribution in [0.25, 0.3) is 22.2 Å². The van der Waals surface area contributed by atoms with E-state index in [4.69, 9.17) is 9.47 Å². The van der Waals surface area contributed by atoms with Crippen LogP contribution in [0.2, 0.25) is 0 Å². The van der Waals surface area contributed by atoms with E-state index in [0.717, 1.165) is 54.3 Å². The fourth-order valence-corrected chi connectivity index (χ4v) is 7.10. The Bertz CT molecular complexity index is 1530. The maximum absolute atomic E-state index is 12.3. The monoisotopic (exact) mass is 547 g/mol. The van der Waals surface area contributed by atoms with Gasteiger partial charge in [0.05, 0.1) is 28.3 Å². The van der Waals surface area contributed by atoms with Gasteiger partial charge in [0.1, 0.15) is 24.0 Å². The summed E-state index contributed by atoms with van der Waals surface area (Å²) in [5.74, 6) is 1.48. The van der Waals surface area contributed by atoms with E-state index in [0.29, 0.717) is 35.8 Å². The predicted molar refractivity (Wildman–Crippen MR) is 150 cm³/mol. The van der Waals surface area contributed by atoms with Gasteiger partial charge >= 0.3 is 6.09 Å². The second-order valence-electron chi connectivity index (χ2n) is 11.1. The van der Waals surface area contributed by atoms with Crippen LogP contribution in [0, 0.1) is 17.2 Å². The number of benzene rings is 2. The summed E-state index contributed by atoms with van der Waals surface area (Å²) in [6, 6.07) is 16.1. The predicted octanol–water partition coefficient (Wildman–Crippen LogP) is 6.21. The highest BCUT2D eigenvalue weighted by atomic mass is 32.2. The van der Waals surface area contributed by atoms with Crippen LogP contribution in [0.1, 0.15) is 63.5 Å². The fourth-order valence-electron chi connectivity index (χ4n) is 5.65. The zero-order chi connectivity index (χ0) is 27.1. The number of ether oxygens (including phenoxy) is 2. The molecule has 1 amide bonds. The third kappa shape index (κ3) is 5.35. The molecule has 0 bridgehead atoms. The van der Waals surface area contributed by atoms with Crippen LogP contribution in [-0.4, -0.2) is 42.8 Å². The summed E-state index contributed by atoms with van der Waals surface area (Å²) in [4.78, 5) is 12.3. The fraction of sp³-hybridized carbons (Fsp3) is 0.467. The highest BCUT2D eigenvalue weighted by Crippen LogP contribution is 2.43. The average Bonchev–Trinajstić information content (AvgIpc) is 3.69. The lowest BCUT2D eigenvalue weighted by atomic mass is 9.92. The maximum atomic E-state index is 12.3. The van der Waals surface area contributed by atoms with Gasteiger partial charge in [-0.15, -0.1) is 0 Å². The van der Waals surface area contributed by atoms with Crippen LogP contribution in [0.3, 0.4) is 0 Å². The zero-order valence-corrected chi connectivity index (χ0v) is 22.9. The van der Waals surface area contributed by atoms with Crippen molar-refractivity contribution in [1.29, 1.82) is 5.26 Å². The number of hydrogen-bond donors (Lipinski definition) is 1. The number of nitrogens with zero attached hydrogens (tertiary/aromatic N) is 2. The summed E-state index contributed by atoms with van der Waals surface area (Å²) in [5, 5.41) is 13.9. The van der Waals surface area contributed by atoms with Gasteiger partial charge in [-0.05, 0) is 87.6 Å². The van der Waals surface area contributed by atoms with Crippen molar-refractivity contribution in [3.63, 3.8) is 0 Å². The van der Waals surface area contributed by atoms with Gasteiger partial charge in [-0.2, -0.15) is 5.26 Å². The molecule has 39 heavy (non-hydrogen) atoms. The van der Waals surface area contributed by atoms with E-state index in [-0.39, 0.29) is 29.8 Å². The Morgan fingerprint density at radius 1 is 1.05 bits per heavy atom. The summed E-state index contributed by atoms with van der Waals surface area (Å²) < 4.78 is 37.6. The van der Waals surface area contributed by atoms with E-state index in [1.54, 1.807) is 0 Å². The summed E-state index contributed by atoms with van der Waals surface area (Å²) >= 11 is 0. The molecule has 1 aliphatic heterocycles. The smallest absolute Gasteiger partial charge is 0.411 e. The number of aromatic nitrogens is 1. The average molecular weight is 548 g/mol. The number of hydrogen-bond acceptors (Lipinski definition) is 6. The number of nitrogens with one attached hydrogen (secondary N) is 1. The number of rotatable bonds is 7. The van der Waals surface area contributed by atoms with Gasteiger partial charge in [-0.25, -0.2) is 13.2 Å². The number of fused-ring (bicyclic) bond motifs is 1. The number of nitriles is 1. The first kappa shape index (κ1) is 25.8. The quantitative estimate of drug-likeness (QED) is 0.377. The van der Waals surface area contributed by atoms with Crippen LogP contribution >= 0.6 is 0 Å². The third-order valence-electron chi connectivity index (χ3n) is 8.32. The molecule has 3 aromatic rings. The molecule has 2 aliphatic carbocycles. The van der Waals surface area contributed by atoms with Crippen molar-refractivity contribution >= 4 is 32.5 Å². The minimum atomic E-state index is -2.96. The van der Waals surface area contributed by atoms with Gasteiger partial charge in [0, 0.05) is 23.2 Å². The summed E-state index contributed by atoms with van der Waals surface area (Å²) in [5.41, 5.74) is 3.98. The molecule has 3 fully saturated rings. The van der Waals surface area contributed by atoms with Crippen LogP contribution in [-0.2, 0) is 14.6 Å². The van der Waals surface area contributed by atoms with E-state index in [9.17, 15) is 18.5 Å². The molecule has 1 N–H and O–H groups in total. The third-order valence-corrected chi connectivity index (χ3v) is 10.0. The van der Waals surface area contributed by atoms with Crippen molar-refractivity contribution in [2.75, 3.05) is 16.8 Å². The molecule has 2 heterocycles. The summed E-state index contributed by atoms with van der Waals surface area (Å²) in [6.45, 7) is 1.93. The van der Waals surface area contributed by atoms with Crippen molar-refractivity contribution in [3.8, 4) is 23.1 Å². The molecule has 8 nitrogen and oxygen atoms in total. The molecule has 1 aromatic heterocycles. The van der Waals surface area contributed by atoms with Gasteiger partial charge in [-0.1, -0.05) is 12.1 Å². The Morgan fingerprint density at radius 2 is 1.77 bits per heavy atom. The van der Waals surface area contributed by atoms with Crippen molar-refractivity contribution in [3.05, 3.63) is 48.0 Å². The van der Waals surface area contributed by atoms with Crippen molar-refractivity contribution in [1.82, 2.24) is 4.57 Å². The normalized spacial score (nSPS) is 20.1. The van der Waals surface area contributed by atoms with Crippen molar-refractivity contribution < 1.29 is 22.7 Å². The Balaban J connectivity index is 1.29. The molecule has 0 spiro atoms. The van der Waals surface area contributed by atoms with E-state index in [2.05, 4.69) is 16.0 Å². The lowest BCUT2D eigenvalue weighted by molar-refractivity contribution is 0.108. The molecule has 0 unspecified atom stereocenters.